The monoisotopic (exact) mass is 327 g/mol. The predicted molar refractivity (Wildman–Crippen MR) is 90.7 cm³/mol. The van der Waals surface area contributed by atoms with Crippen molar-refractivity contribution in [3.8, 4) is 0 Å². The number of nitrogens with zero attached hydrogens (tertiary/aromatic N) is 2. The molecule has 0 spiro atoms. The Morgan fingerprint density at radius 2 is 1.96 bits per heavy atom. The molecule has 0 saturated carbocycles. The minimum atomic E-state index is -0.421. The molecule has 2 rings (SSSR count). The number of nitrogens with one attached hydrogen (secondary N) is 1. The quantitative estimate of drug-likeness (QED) is 0.852. The van der Waals surface area contributed by atoms with Crippen molar-refractivity contribution in [1.82, 2.24) is 15.1 Å². The van der Waals surface area contributed by atoms with Gasteiger partial charge in [-0.2, -0.15) is 0 Å². The summed E-state index contributed by atoms with van der Waals surface area (Å²) in [7, 11) is 0. The van der Waals surface area contributed by atoms with E-state index >= 15 is 0 Å². The summed E-state index contributed by atoms with van der Waals surface area (Å²) in [6.45, 7) is 14.3. The molecule has 1 unspecified atom stereocenters. The first kappa shape index (κ1) is 18.5. The second-order valence-electron chi connectivity index (χ2n) is 7.54. The van der Waals surface area contributed by atoms with Gasteiger partial charge in [0.15, 0.2) is 0 Å². The normalized spacial score (nSPS) is 24.7. The van der Waals surface area contributed by atoms with Gasteiger partial charge in [-0.15, -0.1) is 0 Å². The van der Waals surface area contributed by atoms with Gasteiger partial charge in [-0.25, -0.2) is 4.79 Å². The summed E-state index contributed by atoms with van der Waals surface area (Å²) >= 11 is 0. The lowest BCUT2D eigenvalue weighted by molar-refractivity contribution is -0.0274. The van der Waals surface area contributed by atoms with Gasteiger partial charge < -0.3 is 19.7 Å². The highest BCUT2D eigenvalue weighted by Crippen LogP contribution is 2.15. The smallest absolute Gasteiger partial charge is 0.410 e. The van der Waals surface area contributed by atoms with Crippen LogP contribution in [-0.4, -0.2) is 79.5 Å². The van der Waals surface area contributed by atoms with Gasteiger partial charge in [-0.3, -0.25) is 4.90 Å². The van der Waals surface area contributed by atoms with Gasteiger partial charge in [-0.05, 0) is 40.2 Å². The van der Waals surface area contributed by atoms with Crippen LogP contribution in [-0.2, 0) is 9.47 Å². The Balaban J connectivity index is 1.66. The molecule has 0 bridgehead atoms. The van der Waals surface area contributed by atoms with Crippen LogP contribution in [0.2, 0.25) is 0 Å². The first-order valence-corrected chi connectivity index (χ1v) is 8.92. The average molecular weight is 327 g/mol. The molecule has 2 aliphatic rings. The Morgan fingerprint density at radius 1 is 1.26 bits per heavy atom. The summed E-state index contributed by atoms with van der Waals surface area (Å²) in [6, 6.07) is 0.467. The van der Waals surface area contributed by atoms with Gasteiger partial charge in [0, 0.05) is 38.8 Å². The Morgan fingerprint density at radius 3 is 2.57 bits per heavy atom. The minimum absolute atomic E-state index is 0.190. The van der Waals surface area contributed by atoms with E-state index < -0.39 is 5.60 Å². The second kappa shape index (κ2) is 8.31. The molecule has 0 aliphatic carbocycles. The van der Waals surface area contributed by atoms with Crippen LogP contribution >= 0.6 is 0 Å². The number of ether oxygens (including phenoxy) is 2. The van der Waals surface area contributed by atoms with Crippen LogP contribution in [0.4, 0.5) is 4.79 Å². The SMILES string of the molecule is CCN1CCOC(CNC2CCN(C(=O)OC(C)(C)C)CC2)C1. The molecule has 0 radical (unpaired) electrons. The van der Waals surface area contributed by atoms with Crippen LogP contribution < -0.4 is 5.32 Å². The molecule has 2 heterocycles. The molecule has 2 saturated heterocycles. The fourth-order valence-electron chi connectivity index (χ4n) is 3.08. The second-order valence-corrected chi connectivity index (χ2v) is 7.54. The molecule has 0 aromatic carbocycles. The van der Waals surface area contributed by atoms with Crippen molar-refractivity contribution < 1.29 is 14.3 Å². The molecule has 0 aromatic rings. The van der Waals surface area contributed by atoms with Crippen LogP contribution in [0.1, 0.15) is 40.5 Å². The van der Waals surface area contributed by atoms with E-state index in [0.717, 1.165) is 58.7 Å². The number of hydrogen-bond donors (Lipinski definition) is 1. The molecule has 2 aliphatic heterocycles. The lowest BCUT2D eigenvalue weighted by Gasteiger charge is -2.36. The van der Waals surface area contributed by atoms with Gasteiger partial charge in [0.2, 0.25) is 0 Å². The van der Waals surface area contributed by atoms with Crippen molar-refractivity contribution in [3.05, 3.63) is 0 Å². The number of carbonyl (C=O) groups is 1. The van der Waals surface area contributed by atoms with Crippen molar-refractivity contribution in [3.63, 3.8) is 0 Å². The van der Waals surface area contributed by atoms with Gasteiger partial charge in [0.05, 0.1) is 12.7 Å². The molecule has 1 atom stereocenters. The fraction of sp³-hybridized carbons (Fsp3) is 0.941. The number of hydrogen-bond acceptors (Lipinski definition) is 5. The van der Waals surface area contributed by atoms with Gasteiger partial charge in [0.1, 0.15) is 5.60 Å². The van der Waals surface area contributed by atoms with Crippen molar-refractivity contribution in [1.29, 1.82) is 0 Å². The van der Waals surface area contributed by atoms with Gasteiger partial charge >= 0.3 is 6.09 Å². The number of likely N-dealkylation sites (N-methyl/N-ethyl adjacent to an activating group) is 1. The number of carbonyl (C=O) groups excluding carboxylic acids is 1. The third kappa shape index (κ3) is 6.28. The molecule has 6 nitrogen and oxygen atoms in total. The maximum absolute atomic E-state index is 12.1. The summed E-state index contributed by atoms with van der Waals surface area (Å²) in [5, 5.41) is 3.61. The number of morpholine rings is 1. The molecular weight excluding hydrogens is 294 g/mol. The van der Waals surface area contributed by atoms with Crippen molar-refractivity contribution >= 4 is 6.09 Å². The highest BCUT2D eigenvalue weighted by molar-refractivity contribution is 5.68. The van der Waals surface area contributed by atoms with E-state index in [2.05, 4.69) is 17.1 Å². The highest BCUT2D eigenvalue weighted by Gasteiger charge is 2.27. The van der Waals surface area contributed by atoms with E-state index in [-0.39, 0.29) is 12.2 Å². The van der Waals surface area contributed by atoms with Gasteiger partial charge in [-0.1, -0.05) is 6.92 Å². The number of amides is 1. The van der Waals surface area contributed by atoms with E-state index in [1.54, 1.807) is 0 Å². The zero-order valence-corrected chi connectivity index (χ0v) is 15.1. The van der Waals surface area contributed by atoms with Crippen LogP contribution in [0, 0.1) is 0 Å². The van der Waals surface area contributed by atoms with Crippen molar-refractivity contribution in [2.45, 2.75) is 58.3 Å². The molecule has 1 N–H and O–H groups in total. The third-order valence-corrected chi connectivity index (χ3v) is 4.45. The molecule has 134 valence electrons. The first-order valence-electron chi connectivity index (χ1n) is 8.92. The van der Waals surface area contributed by atoms with Crippen molar-refractivity contribution in [2.24, 2.45) is 0 Å². The standard InChI is InChI=1S/C17H33N3O3/c1-5-19-10-11-22-15(13-19)12-18-14-6-8-20(9-7-14)16(21)23-17(2,3)4/h14-15,18H,5-13H2,1-4H3. The molecule has 1 amide bonds. The van der Waals surface area contributed by atoms with Crippen molar-refractivity contribution in [2.75, 3.05) is 45.9 Å². The third-order valence-electron chi connectivity index (χ3n) is 4.45. The van der Waals surface area contributed by atoms with Gasteiger partial charge in [0.25, 0.3) is 0 Å². The summed E-state index contributed by atoms with van der Waals surface area (Å²) < 4.78 is 11.3. The Labute approximate surface area is 140 Å². The molecule has 0 aromatic heterocycles. The minimum Gasteiger partial charge on any atom is -0.444 e. The molecule has 23 heavy (non-hydrogen) atoms. The molecular formula is C17H33N3O3. The zero-order valence-electron chi connectivity index (χ0n) is 15.1. The zero-order chi connectivity index (χ0) is 16.9. The maximum atomic E-state index is 12.1. The van der Waals surface area contributed by atoms with E-state index in [0.29, 0.717) is 6.04 Å². The summed E-state index contributed by atoms with van der Waals surface area (Å²) in [4.78, 5) is 16.3. The van der Waals surface area contributed by atoms with E-state index in [1.807, 2.05) is 25.7 Å². The number of likely N-dealkylation sites (tertiary alicyclic amines) is 1. The maximum Gasteiger partial charge on any atom is 0.410 e. The lowest BCUT2D eigenvalue weighted by Crippen LogP contribution is -2.51. The van der Waals surface area contributed by atoms with Crippen LogP contribution in [0.5, 0.6) is 0 Å². The number of piperidine rings is 1. The Bertz CT molecular complexity index is 376. The summed E-state index contributed by atoms with van der Waals surface area (Å²) in [6.07, 6.45) is 2.05. The first-order chi connectivity index (χ1) is 10.9. The highest BCUT2D eigenvalue weighted by atomic mass is 16.6. The summed E-state index contributed by atoms with van der Waals surface area (Å²) in [5.74, 6) is 0. The lowest BCUT2D eigenvalue weighted by atomic mass is 10.1. The van der Waals surface area contributed by atoms with E-state index in [9.17, 15) is 4.79 Å². The Hall–Kier alpha value is -0.850. The Kier molecular flexibility index (Phi) is 6.68. The molecule has 6 heteroatoms. The number of rotatable bonds is 4. The van der Waals surface area contributed by atoms with E-state index in [1.165, 1.54) is 0 Å². The van der Waals surface area contributed by atoms with Crippen LogP contribution in [0.15, 0.2) is 0 Å². The molecule has 2 fully saturated rings. The van der Waals surface area contributed by atoms with E-state index in [4.69, 9.17) is 9.47 Å². The van der Waals surface area contributed by atoms with Crippen LogP contribution in [0.25, 0.3) is 0 Å². The van der Waals surface area contributed by atoms with Crippen LogP contribution in [0.3, 0.4) is 0 Å². The fourth-order valence-corrected chi connectivity index (χ4v) is 3.08. The topological polar surface area (TPSA) is 54.0 Å². The largest absolute Gasteiger partial charge is 0.444 e. The predicted octanol–water partition coefficient (Wildman–Crippen LogP) is 1.70. The summed E-state index contributed by atoms with van der Waals surface area (Å²) in [5.41, 5.74) is -0.421. The average Bonchev–Trinajstić information content (AvgIpc) is 2.52.